The van der Waals surface area contributed by atoms with Gasteiger partial charge >= 0.3 is 0 Å². The molecule has 1 aromatic heterocycles. The van der Waals surface area contributed by atoms with Gasteiger partial charge in [0.2, 0.25) is 0 Å². The van der Waals surface area contributed by atoms with E-state index in [0.29, 0.717) is 18.7 Å². The van der Waals surface area contributed by atoms with Crippen LogP contribution in [0.5, 0.6) is 0 Å². The van der Waals surface area contributed by atoms with Gasteiger partial charge in [-0.05, 0) is 42.5 Å². The molecular weight excluding hydrogens is 348 g/mol. The number of imidazole rings is 1. The number of carbonyl (C=O) groups excluding carboxylic acids is 1. The third-order valence-electron chi connectivity index (χ3n) is 4.66. The minimum absolute atomic E-state index is 0.0768. The molecule has 5 nitrogen and oxygen atoms in total. The van der Waals surface area contributed by atoms with E-state index in [0.717, 1.165) is 29.5 Å². The van der Waals surface area contributed by atoms with Crippen LogP contribution in [0, 0.1) is 0 Å². The van der Waals surface area contributed by atoms with Crippen LogP contribution in [0.3, 0.4) is 0 Å². The van der Waals surface area contributed by atoms with Crippen molar-refractivity contribution in [1.82, 2.24) is 14.5 Å². The van der Waals surface area contributed by atoms with Gasteiger partial charge in [-0.15, -0.1) is 0 Å². The zero-order chi connectivity index (χ0) is 17.9. The minimum atomic E-state index is 0.0768. The van der Waals surface area contributed by atoms with Gasteiger partial charge in [0.25, 0.3) is 5.91 Å². The van der Waals surface area contributed by atoms with Crippen LogP contribution in [0.15, 0.2) is 67.3 Å². The molecule has 132 valence electrons. The number of hydrogen-bond donors (Lipinski definition) is 0. The molecule has 2 heterocycles. The average Bonchev–Trinajstić information content (AvgIpc) is 3.23. The first kappa shape index (κ1) is 16.7. The average molecular weight is 367 g/mol. The molecule has 0 aliphatic carbocycles. The maximum Gasteiger partial charge on any atom is 0.253 e. The molecule has 6 heteroatoms. The molecule has 1 aliphatic rings. The predicted octanol–water partition coefficient (Wildman–Crippen LogP) is 3.49. The Kier molecular flexibility index (Phi) is 4.63. The van der Waals surface area contributed by atoms with Gasteiger partial charge in [0, 0.05) is 60.5 Å². The summed E-state index contributed by atoms with van der Waals surface area (Å²) in [6.07, 6.45) is 5.36. The highest BCUT2D eigenvalue weighted by atomic mass is 35.5. The van der Waals surface area contributed by atoms with Gasteiger partial charge in [-0.25, -0.2) is 4.98 Å². The van der Waals surface area contributed by atoms with Crippen molar-refractivity contribution in [2.75, 3.05) is 31.1 Å². The lowest BCUT2D eigenvalue weighted by Gasteiger charge is -2.36. The first-order valence-electron chi connectivity index (χ1n) is 8.59. The Hall–Kier alpha value is -2.79. The molecule has 3 aromatic rings. The SMILES string of the molecule is O=C(c1ccc(-n2ccnc2)cc1)N1CCN(c2cccc(Cl)c2)CC1. The van der Waals surface area contributed by atoms with Gasteiger partial charge in [-0.1, -0.05) is 17.7 Å². The molecule has 26 heavy (non-hydrogen) atoms. The molecule has 2 aromatic carbocycles. The van der Waals surface area contributed by atoms with Crippen molar-refractivity contribution >= 4 is 23.2 Å². The second kappa shape index (κ2) is 7.22. The van der Waals surface area contributed by atoms with Crippen molar-refractivity contribution in [2.24, 2.45) is 0 Å². The summed E-state index contributed by atoms with van der Waals surface area (Å²) in [4.78, 5) is 21.0. The molecular formula is C20H19ClN4O. The fourth-order valence-electron chi connectivity index (χ4n) is 3.21. The standard InChI is InChI=1S/C20H19ClN4O/c21-17-2-1-3-19(14-17)23-10-12-24(13-11-23)20(26)16-4-6-18(7-5-16)25-9-8-22-15-25/h1-9,14-15H,10-13H2. The zero-order valence-corrected chi connectivity index (χ0v) is 15.0. The lowest BCUT2D eigenvalue weighted by Crippen LogP contribution is -2.48. The number of amides is 1. The number of aromatic nitrogens is 2. The summed E-state index contributed by atoms with van der Waals surface area (Å²) in [5.41, 5.74) is 2.81. The van der Waals surface area contributed by atoms with Crippen molar-refractivity contribution in [1.29, 1.82) is 0 Å². The molecule has 4 rings (SSSR count). The molecule has 1 fully saturated rings. The Morgan fingerprint density at radius 2 is 1.73 bits per heavy atom. The summed E-state index contributed by atoms with van der Waals surface area (Å²) < 4.78 is 1.91. The molecule has 0 bridgehead atoms. The quantitative estimate of drug-likeness (QED) is 0.712. The fourth-order valence-corrected chi connectivity index (χ4v) is 3.40. The third kappa shape index (κ3) is 3.44. The summed E-state index contributed by atoms with van der Waals surface area (Å²) in [6, 6.07) is 15.5. The Bertz CT molecular complexity index is 884. The van der Waals surface area contributed by atoms with Gasteiger partial charge in [0.15, 0.2) is 0 Å². The second-order valence-corrected chi connectivity index (χ2v) is 6.71. The highest BCUT2D eigenvalue weighted by Crippen LogP contribution is 2.21. The first-order chi connectivity index (χ1) is 12.7. The topological polar surface area (TPSA) is 41.4 Å². The van der Waals surface area contributed by atoms with Crippen molar-refractivity contribution in [3.05, 3.63) is 77.8 Å². The van der Waals surface area contributed by atoms with Crippen molar-refractivity contribution in [3.63, 3.8) is 0 Å². The first-order valence-corrected chi connectivity index (χ1v) is 8.97. The van der Waals surface area contributed by atoms with Gasteiger partial charge < -0.3 is 14.4 Å². The number of piperazine rings is 1. The molecule has 1 saturated heterocycles. The van der Waals surface area contributed by atoms with Gasteiger partial charge in [0.05, 0.1) is 6.33 Å². The van der Waals surface area contributed by atoms with Gasteiger partial charge in [0.1, 0.15) is 0 Å². The van der Waals surface area contributed by atoms with Crippen LogP contribution in [0.4, 0.5) is 5.69 Å². The van der Waals surface area contributed by atoms with E-state index in [1.807, 2.05) is 58.1 Å². The van der Waals surface area contributed by atoms with Crippen LogP contribution in [0.2, 0.25) is 5.02 Å². The number of carbonyl (C=O) groups is 1. The maximum atomic E-state index is 12.8. The Morgan fingerprint density at radius 1 is 0.962 bits per heavy atom. The van der Waals surface area contributed by atoms with E-state index in [1.165, 1.54) is 0 Å². The predicted molar refractivity (Wildman–Crippen MR) is 103 cm³/mol. The van der Waals surface area contributed by atoms with Crippen LogP contribution in [0.1, 0.15) is 10.4 Å². The summed E-state index contributed by atoms with van der Waals surface area (Å²) in [5, 5.41) is 0.735. The summed E-state index contributed by atoms with van der Waals surface area (Å²) in [5.74, 6) is 0.0768. The van der Waals surface area contributed by atoms with E-state index in [4.69, 9.17) is 11.6 Å². The number of hydrogen-bond acceptors (Lipinski definition) is 3. The number of anilines is 1. The lowest BCUT2D eigenvalue weighted by atomic mass is 10.1. The van der Waals surface area contributed by atoms with Crippen molar-refractivity contribution < 1.29 is 4.79 Å². The van der Waals surface area contributed by atoms with Crippen molar-refractivity contribution in [2.45, 2.75) is 0 Å². The van der Waals surface area contributed by atoms with E-state index in [-0.39, 0.29) is 5.91 Å². The van der Waals surface area contributed by atoms with E-state index in [9.17, 15) is 4.79 Å². The van der Waals surface area contributed by atoms with Crippen LogP contribution in [-0.2, 0) is 0 Å². The Morgan fingerprint density at radius 3 is 2.38 bits per heavy atom. The van der Waals surface area contributed by atoms with E-state index >= 15 is 0 Å². The van der Waals surface area contributed by atoms with Crippen LogP contribution >= 0.6 is 11.6 Å². The smallest absolute Gasteiger partial charge is 0.253 e. The molecule has 0 atom stereocenters. The number of halogens is 1. The van der Waals surface area contributed by atoms with Crippen LogP contribution < -0.4 is 4.90 Å². The second-order valence-electron chi connectivity index (χ2n) is 6.28. The highest BCUT2D eigenvalue weighted by molar-refractivity contribution is 6.30. The number of benzene rings is 2. The van der Waals surface area contributed by atoms with Gasteiger partial charge in [-0.3, -0.25) is 4.79 Å². The zero-order valence-electron chi connectivity index (χ0n) is 14.3. The lowest BCUT2D eigenvalue weighted by molar-refractivity contribution is 0.0747. The molecule has 1 amide bonds. The monoisotopic (exact) mass is 366 g/mol. The van der Waals surface area contributed by atoms with Crippen LogP contribution in [-0.4, -0.2) is 46.5 Å². The Balaban J connectivity index is 1.40. The number of rotatable bonds is 3. The molecule has 1 aliphatic heterocycles. The van der Waals surface area contributed by atoms with E-state index < -0.39 is 0 Å². The fraction of sp³-hybridized carbons (Fsp3) is 0.200. The summed E-state index contributed by atoms with van der Waals surface area (Å²) in [7, 11) is 0. The maximum absolute atomic E-state index is 12.8. The number of nitrogens with zero attached hydrogens (tertiary/aromatic N) is 4. The molecule has 0 spiro atoms. The van der Waals surface area contributed by atoms with Gasteiger partial charge in [-0.2, -0.15) is 0 Å². The van der Waals surface area contributed by atoms with E-state index in [2.05, 4.69) is 16.0 Å². The Labute approximate surface area is 157 Å². The van der Waals surface area contributed by atoms with Crippen LogP contribution in [0.25, 0.3) is 5.69 Å². The molecule has 0 N–H and O–H groups in total. The normalized spacial score (nSPS) is 14.5. The molecule has 0 unspecified atom stereocenters. The molecule has 0 radical (unpaired) electrons. The third-order valence-corrected chi connectivity index (χ3v) is 4.89. The largest absolute Gasteiger partial charge is 0.368 e. The van der Waals surface area contributed by atoms with Crippen molar-refractivity contribution in [3.8, 4) is 5.69 Å². The minimum Gasteiger partial charge on any atom is -0.368 e. The van der Waals surface area contributed by atoms with E-state index in [1.54, 1.807) is 12.5 Å². The summed E-state index contributed by atoms with van der Waals surface area (Å²) in [6.45, 7) is 3.02. The molecule has 0 saturated carbocycles. The highest BCUT2D eigenvalue weighted by Gasteiger charge is 2.22. The summed E-state index contributed by atoms with van der Waals surface area (Å²) >= 11 is 6.08.